The lowest BCUT2D eigenvalue weighted by Crippen LogP contribution is -2.08. The first kappa shape index (κ1) is 12.5. The lowest BCUT2D eigenvalue weighted by molar-refractivity contribution is -0.143. The van der Waals surface area contributed by atoms with Gasteiger partial charge in [-0.3, -0.25) is 0 Å². The largest absolute Gasteiger partial charge is 0.480 e. The first-order valence-corrected chi connectivity index (χ1v) is 4.35. The fraction of sp³-hybridized carbons (Fsp3) is 0.300. The molecule has 1 rings (SSSR count). The van der Waals surface area contributed by atoms with Crippen molar-refractivity contribution in [2.75, 3.05) is 6.61 Å². The van der Waals surface area contributed by atoms with Gasteiger partial charge in [-0.2, -0.15) is 13.2 Å². The molecule has 0 atom stereocenters. The zero-order chi connectivity index (χ0) is 12.2. The van der Waals surface area contributed by atoms with Crippen molar-refractivity contribution in [3.05, 3.63) is 35.4 Å². The Balaban J connectivity index is 2.64. The van der Waals surface area contributed by atoms with Crippen LogP contribution in [-0.4, -0.2) is 17.7 Å². The van der Waals surface area contributed by atoms with Crippen LogP contribution >= 0.6 is 0 Å². The first-order valence-electron chi connectivity index (χ1n) is 4.35. The van der Waals surface area contributed by atoms with Gasteiger partial charge in [0.05, 0.1) is 12.2 Å². The van der Waals surface area contributed by atoms with E-state index in [0.29, 0.717) is 0 Å². The maximum Gasteiger partial charge on any atom is 0.416 e. The van der Waals surface area contributed by atoms with Crippen molar-refractivity contribution in [2.24, 2.45) is 0 Å². The van der Waals surface area contributed by atoms with Crippen molar-refractivity contribution >= 4 is 5.97 Å². The van der Waals surface area contributed by atoms with Gasteiger partial charge in [0.25, 0.3) is 0 Å². The van der Waals surface area contributed by atoms with Gasteiger partial charge in [0.1, 0.15) is 6.61 Å². The zero-order valence-electron chi connectivity index (χ0n) is 8.12. The van der Waals surface area contributed by atoms with Crippen molar-refractivity contribution in [2.45, 2.75) is 12.8 Å². The van der Waals surface area contributed by atoms with Gasteiger partial charge in [-0.1, -0.05) is 12.1 Å². The molecular formula is C10H9F3O3. The number of aliphatic carboxylic acids is 1. The topological polar surface area (TPSA) is 46.5 Å². The Labute approximate surface area is 89.5 Å². The fourth-order valence-electron chi connectivity index (χ4n) is 1.09. The average Bonchev–Trinajstić information content (AvgIpc) is 2.16. The molecule has 0 saturated heterocycles. The molecule has 0 aromatic heterocycles. The summed E-state index contributed by atoms with van der Waals surface area (Å²) in [6, 6.07) is 4.57. The Hall–Kier alpha value is -1.56. The number of hydrogen-bond donors (Lipinski definition) is 1. The van der Waals surface area contributed by atoms with Gasteiger partial charge in [0.2, 0.25) is 0 Å². The predicted octanol–water partition coefficient (Wildman–Crippen LogP) is 2.31. The van der Waals surface area contributed by atoms with Crippen molar-refractivity contribution < 1.29 is 27.8 Å². The second-order valence-electron chi connectivity index (χ2n) is 3.08. The normalized spacial score (nSPS) is 11.4. The third-order valence-electron chi connectivity index (χ3n) is 1.75. The molecule has 1 N–H and O–H groups in total. The summed E-state index contributed by atoms with van der Waals surface area (Å²) in [7, 11) is 0. The first-order chi connectivity index (χ1) is 7.39. The summed E-state index contributed by atoms with van der Waals surface area (Å²) in [5.41, 5.74) is -0.486. The second-order valence-corrected chi connectivity index (χ2v) is 3.08. The molecule has 1 aromatic rings. The van der Waals surface area contributed by atoms with Crippen molar-refractivity contribution in [1.29, 1.82) is 0 Å². The second kappa shape index (κ2) is 4.98. The van der Waals surface area contributed by atoms with Gasteiger partial charge < -0.3 is 9.84 Å². The van der Waals surface area contributed by atoms with Gasteiger partial charge in [-0.05, 0) is 17.7 Å². The highest BCUT2D eigenvalue weighted by atomic mass is 19.4. The van der Waals surface area contributed by atoms with Crippen molar-refractivity contribution in [3.63, 3.8) is 0 Å². The van der Waals surface area contributed by atoms with E-state index in [4.69, 9.17) is 5.11 Å². The van der Waals surface area contributed by atoms with E-state index < -0.39 is 24.3 Å². The summed E-state index contributed by atoms with van der Waals surface area (Å²) in [6.45, 7) is -0.688. The highest BCUT2D eigenvalue weighted by Gasteiger charge is 2.30. The van der Waals surface area contributed by atoms with Crippen LogP contribution in [0.2, 0.25) is 0 Å². The molecule has 3 nitrogen and oxygen atoms in total. The molecule has 0 fully saturated rings. The monoisotopic (exact) mass is 234 g/mol. The summed E-state index contributed by atoms with van der Waals surface area (Å²) >= 11 is 0. The highest BCUT2D eigenvalue weighted by Crippen LogP contribution is 2.29. The third-order valence-corrected chi connectivity index (χ3v) is 1.75. The number of benzene rings is 1. The van der Waals surface area contributed by atoms with Gasteiger partial charge in [-0.25, -0.2) is 4.79 Å². The Morgan fingerprint density at radius 1 is 1.38 bits per heavy atom. The molecule has 0 aliphatic heterocycles. The van der Waals surface area contributed by atoms with E-state index in [0.717, 1.165) is 12.1 Å². The average molecular weight is 234 g/mol. The summed E-state index contributed by atoms with van der Waals surface area (Å²) in [4.78, 5) is 10.1. The zero-order valence-corrected chi connectivity index (χ0v) is 8.12. The molecule has 0 saturated carbocycles. The molecule has 0 heterocycles. The molecule has 0 unspecified atom stereocenters. The van der Waals surface area contributed by atoms with Crippen LogP contribution in [-0.2, 0) is 22.3 Å². The smallest absolute Gasteiger partial charge is 0.416 e. The van der Waals surface area contributed by atoms with Gasteiger partial charge in [0, 0.05) is 0 Å². The van der Waals surface area contributed by atoms with Crippen LogP contribution in [0.1, 0.15) is 11.1 Å². The van der Waals surface area contributed by atoms with Crippen LogP contribution in [0, 0.1) is 0 Å². The number of carbonyl (C=O) groups is 1. The molecule has 1 aromatic carbocycles. The number of hydrogen-bond acceptors (Lipinski definition) is 2. The van der Waals surface area contributed by atoms with Gasteiger partial charge >= 0.3 is 12.1 Å². The number of rotatable bonds is 4. The van der Waals surface area contributed by atoms with E-state index in [-0.39, 0.29) is 12.2 Å². The molecule has 88 valence electrons. The Morgan fingerprint density at radius 2 is 2.06 bits per heavy atom. The number of alkyl halides is 3. The Bertz CT molecular complexity index is 374. The van der Waals surface area contributed by atoms with Crippen molar-refractivity contribution in [3.8, 4) is 0 Å². The van der Waals surface area contributed by atoms with E-state index >= 15 is 0 Å². The molecular weight excluding hydrogens is 225 g/mol. The van der Waals surface area contributed by atoms with E-state index in [1.807, 2.05) is 0 Å². The fourth-order valence-corrected chi connectivity index (χ4v) is 1.09. The Morgan fingerprint density at radius 3 is 2.62 bits per heavy atom. The maximum absolute atomic E-state index is 12.3. The number of carboxylic acids is 1. The number of halogens is 3. The quantitative estimate of drug-likeness (QED) is 0.869. The predicted molar refractivity (Wildman–Crippen MR) is 48.7 cm³/mol. The SMILES string of the molecule is O=C(O)COCc1cccc(C(F)(F)F)c1. The van der Waals surface area contributed by atoms with Crippen LogP contribution in [0.3, 0.4) is 0 Å². The van der Waals surface area contributed by atoms with E-state index in [1.54, 1.807) is 0 Å². The molecule has 0 amide bonds. The standard InChI is InChI=1S/C10H9F3O3/c11-10(12,13)8-3-1-2-7(4-8)5-16-6-9(14)15/h1-4H,5-6H2,(H,14,15). The molecule has 0 aliphatic carbocycles. The van der Waals surface area contributed by atoms with Crippen LogP contribution < -0.4 is 0 Å². The third kappa shape index (κ3) is 3.90. The molecule has 0 radical (unpaired) electrons. The molecule has 0 aliphatic rings. The molecule has 6 heteroatoms. The minimum atomic E-state index is -4.40. The van der Waals surface area contributed by atoms with Gasteiger partial charge in [-0.15, -0.1) is 0 Å². The number of ether oxygens (including phenoxy) is 1. The Kier molecular flexibility index (Phi) is 3.89. The minimum Gasteiger partial charge on any atom is -0.480 e. The lowest BCUT2D eigenvalue weighted by atomic mass is 10.1. The van der Waals surface area contributed by atoms with Crippen LogP contribution in [0.25, 0.3) is 0 Å². The molecule has 0 spiro atoms. The summed E-state index contributed by atoms with van der Waals surface area (Å²) in [6.07, 6.45) is -4.40. The van der Waals surface area contributed by atoms with Crippen LogP contribution in [0.4, 0.5) is 13.2 Å². The van der Waals surface area contributed by atoms with Crippen LogP contribution in [0.15, 0.2) is 24.3 Å². The van der Waals surface area contributed by atoms with Crippen molar-refractivity contribution in [1.82, 2.24) is 0 Å². The summed E-state index contributed by atoms with van der Waals surface area (Å²) in [5.74, 6) is -1.16. The maximum atomic E-state index is 12.3. The van der Waals surface area contributed by atoms with E-state index in [2.05, 4.69) is 4.74 Å². The highest BCUT2D eigenvalue weighted by molar-refractivity contribution is 5.67. The number of carboxylic acid groups (broad SMARTS) is 1. The molecule has 0 bridgehead atoms. The van der Waals surface area contributed by atoms with E-state index in [9.17, 15) is 18.0 Å². The summed E-state index contributed by atoms with van der Waals surface area (Å²) in [5, 5.41) is 8.27. The lowest BCUT2D eigenvalue weighted by Gasteiger charge is -2.08. The van der Waals surface area contributed by atoms with Crippen LogP contribution in [0.5, 0.6) is 0 Å². The summed E-state index contributed by atoms with van der Waals surface area (Å²) < 4.78 is 41.5. The molecule has 16 heavy (non-hydrogen) atoms. The van der Waals surface area contributed by atoms with E-state index in [1.165, 1.54) is 12.1 Å². The van der Waals surface area contributed by atoms with Gasteiger partial charge in [0.15, 0.2) is 0 Å². The minimum absolute atomic E-state index is 0.157.